The van der Waals surface area contributed by atoms with Gasteiger partial charge in [-0.25, -0.2) is 4.39 Å². The van der Waals surface area contributed by atoms with Crippen molar-refractivity contribution in [3.8, 4) is 22.4 Å². The van der Waals surface area contributed by atoms with Gasteiger partial charge in [0.15, 0.2) is 0 Å². The molecule has 0 radical (unpaired) electrons. The van der Waals surface area contributed by atoms with Crippen molar-refractivity contribution in [3.63, 3.8) is 0 Å². The van der Waals surface area contributed by atoms with Crippen molar-refractivity contribution < 1.29 is 4.39 Å². The number of rotatable bonds is 2. The lowest BCUT2D eigenvalue weighted by atomic mass is 9.98. The number of pyridine rings is 1. The van der Waals surface area contributed by atoms with E-state index in [1.807, 2.05) is 12.1 Å². The van der Waals surface area contributed by atoms with Crippen LogP contribution in [0.4, 0.5) is 4.39 Å². The lowest BCUT2D eigenvalue weighted by molar-refractivity contribution is 0.619. The minimum atomic E-state index is -0.180. The molecule has 0 saturated carbocycles. The zero-order valence-electron chi connectivity index (χ0n) is 11.7. The fourth-order valence-electron chi connectivity index (χ4n) is 2.72. The number of hydrogen-bond acceptors (Lipinski definition) is 1. The zero-order chi connectivity index (χ0) is 14.4. The highest BCUT2D eigenvalue weighted by atomic mass is 19.1. The second-order valence-corrected chi connectivity index (χ2v) is 5.52. The third-order valence-corrected chi connectivity index (χ3v) is 4.01. The van der Waals surface area contributed by atoms with Crippen LogP contribution in [0, 0.1) is 12.7 Å². The number of benzene rings is 2. The SMILES string of the molecule is Cc1cc(-c2ncccc2-c2ccc3c(c2)C3)ccc1F. The summed E-state index contributed by atoms with van der Waals surface area (Å²) in [6.45, 7) is 1.78. The Bertz CT molecular complexity index is 852. The first kappa shape index (κ1) is 12.3. The van der Waals surface area contributed by atoms with Crippen molar-refractivity contribution in [2.45, 2.75) is 13.3 Å². The van der Waals surface area contributed by atoms with Gasteiger partial charge in [0.1, 0.15) is 5.82 Å². The average Bonchev–Trinajstić information content (AvgIpc) is 3.28. The van der Waals surface area contributed by atoms with E-state index in [2.05, 4.69) is 29.2 Å². The van der Waals surface area contributed by atoms with E-state index in [0.717, 1.165) is 23.2 Å². The van der Waals surface area contributed by atoms with Crippen LogP contribution in [-0.4, -0.2) is 4.98 Å². The zero-order valence-corrected chi connectivity index (χ0v) is 11.7. The summed E-state index contributed by atoms with van der Waals surface area (Å²) in [7, 11) is 0. The molecule has 1 aliphatic carbocycles. The van der Waals surface area contributed by atoms with Gasteiger partial charge in [-0.15, -0.1) is 0 Å². The van der Waals surface area contributed by atoms with E-state index in [1.54, 1.807) is 19.2 Å². The van der Waals surface area contributed by atoms with E-state index in [1.165, 1.54) is 22.8 Å². The Morgan fingerprint density at radius 2 is 1.81 bits per heavy atom. The molecular formula is C19H14FN. The molecule has 1 heterocycles. The van der Waals surface area contributed by atoms with E-state index < -0.39 is 0 Å². The highest BCUT2D eigenvalue weighted by Gasteiger charge is 2.18. The Labute approximate surface area is 123 Å². The van der Waals surface area contributed by atoms with Gasteiger partial charge < -0.3 is 0 Å². The van der Waals surface area contributed by atoms with Gasteiger partial charge in [-0.1, -0.05) is 24.3 Å². The molecule has 0 spiro atoms. The van der Waals surface area contributed by atoms with Gasteiger partial charge in [-0.2, -0.15) is 0 Å². The Morgan fingerprint density at radius 1 is 0.952 bits per heavy atom. The molecule has 1 nitrogen and oxygen atoms in total. The normalized spacial score (nSPS) is 12.1. The number of aromatic nitrogens is 1. The highest BCUT2D eigenvalue weighted by molar-refractivity contribution is 5.81. The minimum absolute atomic E-state index is 0.180. The number of nitrogens with zero attached hydrogens (tertiary/aromatic N) is 1. The first-order valence-electron chi connectivity index (χ1n) is 7.06. The van der Waals surface area contributed by atoms with Crippen molar-refractivity contribution in [1.29, 1.82) is 0 Å². The molecule has 2 aromatic carbocycles. The topological polar surface area (TPSA) is 12.9 Å². The maximum atomic E-state index is 13.5. The lowest BCUT2D eigenvalue weighted by Crippen LogP contribution is -1.90. The van der Waals surface area contributed by atoms with Crippen LogP contribution >= 0.6 is 0 Å². The molecule has 2 heteroatoms. The van der Waals surface area contributed by atoms with Crippen LogP contribution in [0.3, 0.4) is 0 Å². The molecule has 0 N–H and O–H groups in total. The Balaban J connectivity index is 1.88. The summed E-state index contributed by atoms with van der Waals surface area (Å²) in [6.07, 6.45) is 2.89. The van der Waals surface area contributed by atoms with Crippen LogP contribution in [0.2, 0.25) is 0 Å². The van der Waals surface area contributed by atoms with Crippen molar-refractivity contribution >= 4 is 0 Å². The summed E-state index contributed by atoms with van der Waals surface area (Å²) in [5.41, 5.74) is 7.62. The molecule has 0 amide bonds. The molecule has 0 aliphatic heterocycles. The van der Waals surface area contributed by atoms with E-state index in [9.17, 15) is 4.39 Å². The lowest BCUT2D eigenvalue weighted by Gasteiger charge is -2.09. The van der Waals surface area contributed by atoms with E-state index in [0.29, 0.717) is 5.56 Å². The van der Waals surface area contributed by atoms with Crippen molar-refractivity contribution in [1.82, 2.24) is 4.98 Å². The third-order valence-electron chi connectivity index (χ3n) is 4.01. The molecular weight excluding hydrogens is 261 g/mol. The van der Waals surface area contributed by atoms with Gasteiger partial charge in [0.25, 0.3) is 0 Å². The van der Waals surface area contributed by atoms with Gasteiger partial charge in [-0.05, 0) is 59.9 Å². The van der Waals surface area contributed by atoms with Gasteiger partial charge >= 0.3 is 0 Å². The Kier molecular flexibility index (Phi) is 2.64. The van der Waals surface area contributed by atoms with Gasteiger partial charge in [0.05, 0.1) is 5.69 Å². The second kappa shape index (κ2) is 4.52. The molecule has 21 heavy (non-hydrogen) atoms. The van der Waals surface area contributed by atoms with Gasteiger partial charge in [0, 0.05) is 17.3 Å². The van der Waals surface area contributed by atoms with Gasteiger partial charge in [0.2, 0.25) is 0 Å². The minimum Gasteiger partial charge on any atom is -0.256 e. The molecule has 0 fully saturated rings. The number of aryl methyl sites for hydroxylation is 1. The summed E-state index contributed by atoms with van der Waals surface area (Å²) in [5.74, 6) is -0.180. The third kappa shape index (κ3) is 2.13. The molecule has 1 aromatic heterocycles. The molecule has 0 bridgehead atoms. The monoisotopic (exact) mass is 275 g/mol. The van der Waals surface area contributed by atoms with Crippen LogP contribution in [0.5, 0.6) is 0 Å². The highest BCUT2D eigenvalue weighted by Crippen LogP contribution is 2.36. The van der Waals surface area contributed by atoms with Crippen molar-refractivity contribution in [2.75, 3.05) is 0 Å². The largest absolute Gasteiger partial charge is 0.256 e. The summed E-state index contributed by atoms with van der Waals surface area (Å²) in [6, 6.07) is 15.7. The molecule has 0 atom stereocenters. The fourth-order valence-corrected chi connectivity index (χ4v) is 2.72. The number of halogens is 1. The molecule has 1 aliphatic rings. The fraction of sp³-hybridized carbons (Fsp3) is 0.105. The molecule has 0 saturated heterocycles. The van der Waals surface area contributed by atoms with Crippen LogP contribution < -0.4 is 0 Å². The second-order valence-electron chi connectivity index (χ2n) is 5.52. The van der Waals surface area contributed by atoms with Crippen LogP contribution in [0.1, 0.15) is 16.7 Å². The standard InChI is InChI=1S/C19H14FN/c1-12-9-15(6-7-18(12)20)19-17(3-2-8-21-19)14-5-4-13-10-16(13)11-14/h2-9,11H,10H2,1H3. The summed E-state index contributed by atoms with van der Waals surface area (Å²) in [4.78, 5) is 4.52. The van der Waals surface area contributed by atoms with Crippen LogP contribution in [0.25, 0.3) is 22.4 Å². The average molecular weight is 275 g/mol. The quantitative estimate of drug-likeness (QED) is 0.513. The van der Waals surface area contributed by atoms with Crippen molar-refractivity contribution in [2.24, 2.45) is 0 Å². The summed E-state index contributed by atoms with van der Waals surface area (Å²) in [5, 5.41) is 0. The van der Waals surface area contributed by atoms with Crippen LogP contribution in [0.15, 0.2) is 54.7 Å². The smallest absolute Gasteiger partial charge is 0.126 e. The maximum Gasteiger partial charge on any atom is 0.126 e. The molecule has 3 aromatic rings. The first-order valence-corrected chi connectivity index (χ1v) is 7.06. The van der Waals surface area contributed by atoms with Crippen LogP contribution in [-0.2, 0) is 6.42 Å². The Morgan fingerprint density at radius 3 is 2.62 bits per heavy atom. The van der Waals surface area contributed by atoms with E-state index in [-0.39, 0.29) is 5.82 Å². The molecule has 0 unspecified atom stereocenters. The number of fused-ring (bicyclic) bond motifs is 1. The molecule has 4 rings (SSSR count). The predicted octanol–water partition coefficient (Wildman–Crippen LogP) is 4.77. The number of hydrogen-bond donors (Lipinski definition) is 0. The first-order chi connectivity index (χ1) is 10.2. The predicted molar refractivity (Wildman–Crippen MR) is 82.6 cm³/mol. The van der Waals surface area contributed by atoms with Crippen molar-refractivity contribution in [3.05, 3.63) is 77.2 Å². The maximum absolute atomic E-state index is 13.5. The van der Waals surface area contributed by atoms with E-state index in [4.69, 9.17) is 0 Å². The Hall–Kier alpha value is -2.48. The van der Waals surface area contributed by atoms with E-state index >= 15 is 0 Å². The summed E-state index contributed by atoms with van der Waals surface area (Å²) < 4.78 is 13.5. The molecule has 102 valence electrons. The van der Waals surface area contributed by atoms with Gasteiger partial charge in [-0.3, -0.25) is 4.98 Å². The summed E-state index contributed by atoms with van der Waals surface area (Å²) >= 11 is 0.